The van der Waals surface area contributed by atoms with Crippen LogP contribution in [0.15, 0.2) is 18.3 Å². The van der Waals surface area contributed by atoms with E-state index in [4.69, 9.17) is 5.11 Å². The molecule has 0 spiro atoms. The van der Waals surface area contributed by atoms with Crippen molar-refractivity contribution in [3.8, 4) is 0 Å². The molecule has 0 fully saturated rings. The number of carboxylic acids is 1. The van der Waals surface area contributed by atoms with Crippen molar-refractivity contribution in [2.45, 2.75) is 25.7 Å². The van der Waals surface area contributed by atoms with Crippen LogP contribution in [-0.2, 0) is 0 Å². The van der Waals surface area contributed by atoms with Crippen molar-refractivity contribution in [3.63, 3.8) is 0 Å². The predicted octanol–water partition coefficient (Wildman–Crippen LogP) is 3.89. The number of carboxylic acid groups (broad SMARTS) is 1. The first kappa shape index (κ1) is 10.6. The van der Waals surface area contributed by atoms with Gasteiger partial charge in [0, 0.05) is 11.8 Å². The molecule has 2 aromatic rings. The van der Waals surface area contributed by atoms with Crippen molar-refractivity contribution in [2.75, 3.05) is 0 Å². The van der Waals surface area contributed by atoms with Gasteiger partial charge in [-0.15, -0.1) is 11.3 Å². The maximum Gasteiger partial charge on any atom is 0.345 e. The highest BCUT2D eigenvalue weighted by Gasteiger charge is 2.16. The second kappa shape index (κ2) is 4.04. The summed E-state index contributed by atoms with van der Waals surface area (Å²) >= 11 is 1.36. The van der Waals surface area contributed by atoms with Gasteiger partial charge < -0.3 is 10.1 Å². The van der Waals surface area contributed by atoms with E-state index in [1.807, 2.05) is 6.20 Å². The standard InChI is InChI=1S/C13H13NO2S/c15-13(16)11-6-10-12(17-11)9(7-14-10)8-4-2-1-3-5-8/h4,6-7,14H,1-3,5H2,(H,15,16). The van der Waals surface area contributed by atoms with Crippen molar-refractivity contribution in [1.82, 2.24) is 4.98 Å². The molecule has 3 nitrogen and oxygen atoms in total. The minimum Gasteiger partial charge on any atom is -0.477 e. The summed E-state index contributed by atoms with van der Waals surface area (Å²) < 4.78 is 1.08. The smallest absolute Gasteiger partial charge is 0.345 e. The third-order valence-electron chi connectivity index (χ3n) is 3.20. The molecule has 4 heteroatoms. The van der Waals surface area contributed by atoms with Crippen LogP contribution >= 0.6 is 11.3 Å². The summed E-state index contributed by atoms with van der Waals surface area (Å²) in [6.45, 7) is 0. The van der Waals surface area contributed by atoms with Gasteiger partial charge in [0.1, 0.15) is 4.88 Å². The fourth-order valence-electron chi connectivity index (χ4n) is 2.34. The molecule has 88 valence electrons. The molecular weight excluding hydrogens is 234 g/mol. The zero-order valence-corrected chi connectivity index (χ0v) is 10.1. The monoisotopic (exact) mass is 247 g/mol. The molecule has 0 saturated heterocycles. The Morgan fingerprint density at radius 3 is 3.00 bits per heavy atom. The molecule has 0 saturated carbocycles. The van der Waals surface area contributed by atoms with Gasteiger partial charge in [0.05, 0.1) is 10.2 Å². The summed E-state index contributed by atoms with van der Waals surface area (Å²) in [5, 5.41) is 8.99. The normalized spacial score (nSPS) is 16.1. The van der Waals surface area contributed by atoms with Gasteiger partial charge in [-0.25, -0.2) is 4.79 Å². The lowest BCUT2D eigenvalue weighted by Gasteiger charge is -2.10. The van der Waals surface area contributed by atoms with Crippen molar-refractivity contribution in [1.29, 1.82) is 0 Å². The molecule has 17 heavy (non-hydrogen) atoms. The molecule has 1 aliphatic rings. The van der Waals surface area contributed by atoms with Gasteiger partial charge in [-0.2, -0.15) is 0 Å². The Bertz CT molecular complexity index is 606. The molecule has 2 heterocycles. The molecule has 3 rings (SSSR count). The summed E-state index contributed by atoms with van der Waals surface area (Å²) in [6, 6.07) is 1.72. The zero-order chi connectivity index (χ0) is 11.8. The lowest BCUT2D eigenvalue weighted by atomic mass is 9.95. The number of aromatic amines is 1. The van der Waals surface area contributed by atoms with Crippen LogP contribution in [0.5, 0.6) is 0 Å². The summed E-state index contributed by atoms with van der Waals surface area (Å²) in [4.78, 5) is 14.5. The van der Waals surface area contributed by atoms with E-state index in [1.165, 1.54) is 35.3 Å². The summed E-state index contributed by atoms with van der Waals surface area (Å²) in [7, 11) is 0. The van der Waals surface area contributed by atoms with Gasteiger partial charge in [0.25, 0.3) is 0 Å². The second-order valence-corrected chi connectivity index (χ2v) is 5.39. The summed E-state index contributed by atoms with van der Waals surface area (Å²) in [5.74, 6) is -0.844. The lowest BCUT2D eigenvalue weighted by Crippen LogP contribution is -1.91. The number of thiophene rings is 1. The quantitative estimate of drug-likeness (QED) is 0.846. The SMILES string of the molecule is O=C(O)c1cc2[nH]cc(C3=CCCCC3)c2s1. The molecule has 0 aliphatic heterocycles. The average molecular weight is 247 g/mol. The minimum atomic E-state index is -0.844. The molecule has 0 amide bonds. The second-order valence-electron chi connectivity index (χ2n) is 4.34. The van der Waals surface area contributed by atoms with Gasteiger partial charge in [-0.05, 0) is 37.3 Å². The molecule has 0 radical (unpaired) electrons. The highest BCUT2D eigenvalue weighted by Crippen LogP contribution is 2.36. The zero-order valence-electron chi connectivity index (χ0n) is 9.32. The van der Waals surface area contributed by atoms with Gasteiger partial charge in [-0.3, -0.25) is 0 Å². The van der Waals surface area contributed by atoms with Gasteiger partial charge in [0.2, 0.25) is 0 Å². The topological polar surface area (TPSA) is 53.1 Å². The minimum absolute atomic E-state index is 0.407. The molecule has 0 atom stereocenters. The van der Waals surface area contributed by atoms with Crippen LogP contribution in [0.25, 0.3) is 15.8 Å². The molecule has 0 unspecified atom stereocenters. The van der Waals surface area contributed by atoms with Crippen molar-refractivity contribution in [2.24, 2.45) is 0 Å². The first-order valence-electron chi connectivity index (χ1n) is 5.79. The van der Waals surface area contributed by atoms with Gasteiger partial charge in [-0.1, -0.05) is 6.08 Å². The number of aromatic carboxylic acids is 1. The molecule has 0 bridgehead atoms. The predicted molar refractivity (Wildman–Crippen MR) is 69.6 cm³/mol. The Hall–Kier alpha value is -1.55. The van der Waals surface area contributed by atoms with E-state index in [1.54, 1.807) is 6.07 Å². The highest BCUT2D eigenvalue weighted by molar-refractivity contribution is 7.21. The number of fused-ring (bicyclic) bond motifs is 1. The van der Waals surface area contributed by atoms with Crippen molar-refractivity contribution in [3.05, 3.63) is 28.8 Å². The lowest BCUT2D eigenvalue weighted by molar-refractivity contribution is 0.0702. The average Bonchev–Trinajstić information content (AvgIpc) is 2.89. The first-order valence-corrected chi connectivity index (χ1v) is 6.61. The fraction of sp³-hybridized carbons (Fsp3) is 0.308. The Kier molecular flexibility index (Phi) is 2.52. The number of allylic oxidation sites excluding steroid dienone is 2. The third kappa shape index (κ3) is 1.78. The van der Waals surface area contributed by atoms with Crippen LogP contribution < -0.4 is 0 Å². The molecule has 2 N–H and O–H groups in total. The number of rotatable bonds is 2. The Balaban J connectivity index is 2.10. The summed E-state index contributed by atoms with van der Waals surface area (Å²) in [6.07, 6.45) is 9.03. The van der Waals surface area contributed by atoms with Crippen LogP contribution in [-0.4, -0.2) is 16.1 Å². The number of nitrogens with one attached hydrogen (secondary N) is 1. The van der Waals surface area contributed by atoms with Crippen LogP contribution in [0.2, 0.25) is 0 Å². The Labute approximate surface area is 103 Å². The van der Waals surface area contributed by atoms with E-state index < -0.39 is 5.97 Å². The van der Waals surface area contributed by atoms with E-state index in [-0.39, 0.29) is 0 Å². The fourth-order valence-corrected chi connectivity index (χ4v) is 3.35. The van der Waals surface area contributed by atoms with E-state index in [9.17, 15) is 4.79 Å². The van der Waals surface area contributed by atoms with Crippen LogP contribution in [0.1, 0.15) is 40.9 Å². The van der Waals surface area contributed by atoms with Crippen LogP contribution in [0, 0.1) is 0 Å². The number of carbonyl (C=O) groups is 1. The number of hydrogen-bond donors (Lipinski definition) is 2. The van der Waals surface area contributed by atoms with Crippen LogP contribution in [0.3, 0.4) is 0 Å². The molecular formula is C13H13NO2S. The van der Waals surface area contributed by atoms with Crippen LogP contribution in [0.4, 0.5) is 0 Å². The maximum absolute atomic E-state index is 10.9. The first-order chi connectivity index (χ1) is 8.25. The van der Waals surface area contributed by atoms with Crippen molar-refractivity contribution >= 4 is 33.1 Å². The number of aromatic nitrogens is 1. The maximum atomic E-state index is 10.9. The van der Waals surface area contributed by atoms with E-state index in [2.05, 4.69) is 11.1 Å². The van der Waals surface area contributed by atoms with Gasteiger partial charge in [0.15, 0.2) is 0 Å². The Morgan fingerprint density at radius 2 is 2.29 bits per heavy atom. The third-order valence-corrected chi connectivity index (χ3v) is 4.35. The number of hydrogen-bond acceptors (Lipinski definition) is 2. The highest BCUT2D eigenvalue weighted by atomic mass is 32.1. The summed E-state index contributed by atoms with van der Waals surface area (Å²) in [5.41, 5.74) is 3.49. The number of H-pyrrole nitrogens is 1. The van der Waals surface area contributed by atoms with E-state index in [0.717, 1.165) is 23.1 Å². The van der Waals surface area contributed by atoms with E-state index >= 15 is 0 Å². The largest absolute Gasteiger partial charge is 0.477 e. The Morgan fingerprint density at radius 1 is 1.41 bits per heavy atom. The molecule has 2 aromatic heterocycles. The molecule has 1 aliphatic carbocycles. The molecule has 0 aromatic carbocycles. The van der Waals surface area contributed by atoms with Gasteiger partial charge >= 0.3 is 5.97 Å². The van der Waals surface area contributed by atoms with Crippen molar-refractivity contribution < 1.29 is 9.90 Å². The van der Waals surface area contributed by atoms with E-state index in [0.29, 0.717) is 4.88 Å².